The van der Waals surface area contributed by atoms with E-state index in [0.717, 1.165) is 45.8 Å². The maximum Gasteiger partial charge on any atom is 0.0446 e. The summed E-state index contributed by atoms with van der Waals surface area (Å²) in [6.45, 7) is 7.45. The monoisotopic (exact) mass is 276 g/mol. The molecular formula is C16H28N4. The van der Waals surface area contributed by atoms with Gasteiger partial charge in [0.15, 0.2) is 0 Å². The van der Waals surface area contributed by atoms with Crippen LogP contribution in [0.4, 0.5) is 0 Å². The van der Waals surface area contributed by atoms with E-state index in [9.17, 15) is 0 Å². The van der Waals surface area contributed by atoms with Crippen molar-refractivity contribution in [3.8, 4) is 0 Å². The van der Waals surface area contributed by atoms with Crippen LogP contribution in [0.25, 0.3) is 0 Å². The second kappa shape index (κ2) is 9.88. The van der Waals surface area contributed by atoms with Crippen LogP contribution < -0.4 is 21.3 Å². The average molecular weight is 276 g/mol. The van der Waals surface area contributed by atoms with Crippen molar-refractivity contribution in [1.29, 1.82) is 0 Å². The van der Waals surface area contributed by atoms with Crippen LogP contribution in [-0.4, -0.2) is 45.8 Å². The minimum Gasteiger partial charge on any atom is -0.315 e. The highest BCUT2D eigenvalue weighted by Crippen LogP contribution is 2.11. The molecule has 1 heterocycles. The van der Waals surface area contributed by atoms with Gasteiger partial charge in [0, 0.05) is 25.7 Å². The summed E-state index contributed by atoms with van der Waals surface area (Å²) >= 11 is 0. The fourth-order valence-corrected chi connectivity index (χ4v) is 2.49. The van der Waals surface area contributed by atoms with Gasteiger partial charge in [-0.3, -0.25) is 0 Å². The summed E-state index contributed by atoms with van der Waals surface area (Å²) in [5, 5.41) is 14.2. The molecule has 112 valence electrons. The van der Waals surface area contributed by atoms with Gasteiger partial charge >= 0.3 is 0 Å². The van der Waals surface area contributed by atoms with Gasteiger partial charge in [-0.15, -0.1) is 0 Å². The zero-order valence-corrected chi connectivity index (χ0v) is 12.3. The van der Waals surface area contributed by atoms with E-state index >= 15 is 0 Å². The largest absolute Gasteiger partial charge is 0.315 e. The van der Waals surface area contributed by atoms with Crippen molar-refractivity contribution in [2.75, 3.05) is 45.8 Å². The minimum atomic E-state index is 0.409. The average Bonchev–Trinajstić information content (AvgIpc) is 2.50. The summed E-state index contributed by atoms with van der Waals surface area (Å²) in [7, 11) is 0. The smallest absolute Gasteiger partial charge is 0.0446 e. The van der Waals surface area contributed by atoms with E-state index < -0.39 is 0 Å². The van der Waals surface area contributed by atoms with E-state index in [0.29, 0.717) is 6.04 Å². The van der Waals surface area contributed by atoms with Crippen LogP contribution in [-0.2, 0) is 0 Å². The molecule has 1 saturated heterocycles. The fourth-order valence-electron chi connectivity index (χ4n) is 2.49. The maximum absolute atomic E-state index is 3.67. The number of hydrogen-bond acceptors (Lipinski definition) is 4. The van der Waals surface area contributed by atoms with Crippen LogP contribution >= 0.6 is 0 Å². The van der Waals surface area contributed by atoms with Crippen molar-refractivity contribution < 1.29 is 0 Å². The molecule has 1 aliphatic heterocycles. The molecule has 4 heteroatoms. The molecule has 0 amide bonds. The third kappa shape index (κ3) is 6.01. The third-order valence-electron chi connectivity index (χ3n) is 3.66. The van der Waals surface area contributed by atoms with Crippen LogP contribution in [0.5, 0.6) is 0 Å². The van der Waals surface area contributed by atoms with Crippen LogP contribution in [0.15, 0.2) is 30.3 Å². The van der Waals surface area contributed by atoms with Crippen molar-refractivity contribution in [1.82, 2.24) is 21.3 Å². The Morgan fingerprint density at radius 3 is 2.10 bits per heavy atom. The first-order valence-electron chi connectivity index (χ1n) is 7.87. The molecule has 1 aliphatic rings. The Bertz CT molecular complexity index is 328. The molecule has 1 unspecified atom stereocenters. The van der Waals surface area contributed by atoms with Gasteiger partial charge in [0.05, 0.1) is 0 Å². The molecule has 1 aromatic rings. The van der Waals surface area contributed by atoms with Crippen molar-refractivity contribution in [3.63, 3.8) is 0 Å². The lowest BCUT2D eigenvalue weighted by Crippen LogP contribution is -2.36. The second-order valence-corrected chi connectivity index (χ2v) is 5.33. The van der Waals surface area contributed by atoms with Crippen LogP contribution in [0.1, 0.15) is 24.4 Å². The van der Waals surface area contributed by atoms with E-state index in [1.165, 1.54) is 18.4 Å². The molecule has 0 aliphatic carbocycles. The molecular weight excluding hydrogens is 248 g/mol. The highest BCUT2D eigenvalue weighted by Gasteiger charge is 2.09. The molecule has 0 saturated carbocycles. The zero-order valence-electron chi connectivity index (χ0n) is 12.3. The molecule has 1 fully saturated rings. The van der Waals surface area contributed by atoms with Gasteiger partial charge in [0.2, 0.25) is 0 Å². The van der Waals surface area contributed by atoms with E-state index in [1.807, 2.05) is 0 Å². The van der Waals surface area contributed by atoms with E-state index in [-0.39, 0.29) is 0 Å². The molecule has 1 aromatic carbocycles. The summed E-state index contributed by atoms with van der Waals surface area (Å²) in [6.07, 6.45) is 2.35. The number of benzene rings is 1. The minimum absolute atomic E-state index is 0.409. The normalized spacial score (nSPS) is 23.9. The van der Waals surface area contributed by atoms with E-state index in [1.54, 1.807) is 0 Å². The Kier molecular flexibility index (Phi) is 7.64. The SMILES string of the molecule is c1ccc(C2CNCCCNCCNCCCN2)cc1. The second-order valence-electron chi connectivity index (χ2n) is 5.33. The van der Waals surface area contributed by atoms with Gasteiger partial charge in [0.25, 0.3) is 0 Å². The third-order valence-corrected chi connectivity index (χ3v) is 3.66. The standard InChI is InChI=1S/C16H28N4/c1-2-6-15(7-3-1)16-14-19-10-4-8-17-12-13-18-9-5-11-20-16/h1-3,6-7,16-20H,4-5,8-14H2. The summed E-state index contributed by atoms with van der Waals surface area (Å²) < 4.78 is 0. The van der Waals surface area contributed by atoms with E-state index in [2.05, 4.69) is 51.6 Å². The van der Waals surface area contributed by atoms with Crippen molar-refractivity contribution in [3.05, 3.63) is 35.9 Å². The first-order valence-corrected chi connectivity index (χ1v) is 7.87. The van der Waals surface area contributed by atoms with Crippen molar-refractivity contribution in [2.24, 2.45) is 0 Å². The number of nitrogens with one attached hydrogen (secondary N) is 4. The van der Waals surface area contributed by atoms with Crippen LogP contribution in [0.2, 0.25) is 0 Å². The van der Waals surface area contributed by atoms with Crippen molar-refractivity contribution >= 4 is 0 Å². The lowest BCUT2D eigenvalue weighted by atomic mass is 10.1. The number of hydrogen-bond donors (Lipinski definition) is 4. The van der Waals surface area contributed by atoms with Crippen molar-refractivity contribution in [2.45, 2.75) is 18.9 Å². The first-order chi connectivity index (χ1) is 9.97. The molecule has 0 aromatic heterocycles. The maximum atomic E-state index is 3.67. The summed E-state index contributed by atoms with van der Waals surface area (Å²) in [5.74, 6) is 0. The summed E-state index contributed by atoms with van der Waals surface area (Å²) in [4.78, 5) is 0. The Labute approximate surface area is 122 Å². The van der Waals surface area contributed by atoms with Gasteiger partial charge in [-0.25, -0.2) is 0 Å². The first kappa shape index (κ1) is 15.4. The Morgan fingerprint density at radius 2 is 1.35 bits per heavy atom. The predicted octanol–water partition coefficient (Wildman–Crippen LogP) is 0.880. The lowest BCUT2D eigenvalue weighted by molar-refractivity contribution is 0.463. The Morgan fingerprint density at radius 1 is 0.700 bits per heavy atom. The van der Waals surface area contributed by atoms with Gasteiger partial charge in [-0.2, -0.15) is 0 Å². The fraction of sp³-hybridized carbons (Fsp3) is 0.625. The molecule has 4 N–H and O–H groups in total. The predicted molar refractivity (Wildman–Crippen MR) is 85.0 cm³/mol. The van der Waals surface area contributed by atoms with E-state index in [4.69, 9.17) is 0 Å². The molecule has 0 bridgehead atoms. The van der Waals surface area contributed by atoms with Crippen LogP contribution in [0.3, 0.4) is 0 Å². The Balaban J connectivity index is 1.84. The summed E-state index contributed by atoms with van der Waals surface area (Å²) in [6, 6.07) is 11.1. The van der Waals surface area contributed by atoms with Gasteiger partial charge in [0.1, 0.15) is 0 Å². The lowest BCUT2D eigenvalue weighted by Gasteiger charge is -2.20. The zero-order chi connectivity index (χ0) is 13.9. The van der Waals surface area contributed by atoms with Gasteiger partial charge in [-0.1, -0.05) is 30.3 Å². The number of rotatable bonds is 1. The topological polar surface area (TPSA) is 48.1 Å². The van der Waals surface area contributed by atoms with Gasteiger partial charge < -0.3 is 21.3 Å². The molecule has 2 rings (SSSR count). The molecule has 0 spiro atoms. The molecule has 0 radical (unpaired) electrons. The highest BCUT2D eigenvalue weighted by molar-refractivity contribution is 5.19. The Hall–Kier alpha value is -0.940. The molecule has 20 heavy (non-hydrogen) atoms. The van der Waals surface area contributed by atoms with Crippen LogP contribution in [0, 0.1) is 0 Å². The summed E-state index contributed by atoms with van der Waals surface area (Å²) in [5.41, 5.74) is 1.37. The molecule has 1 atom stereocenters. The quantitative estimate of drug-likeness (QED) is 0.615. The molecule has 4 nitrogen and oxygen atoms in total. The van der Waals surface area contributed by atoms with Gasteiger partial charge in [-0.05, 0) is 44.6 Å². The highest BCUT2D eigenvalue weighted by atomic mass is 15.0.